The maximum atomic E-state index is 12.9. The number of carbonyl (C=O) groups excluding carboxylic acids is 3. The fourth-order valence-corrected chi connectivity index (χ4v) is 5.46. The summed E-state index contributed by atoms with van der Waals surface area (Å²) in [6.45, 7) is 2.05. The van der Waals surface area contributed by atoms with Gasteiger partial charge in [0.1, 0.15) is 0 Å². The molecule has 0 saturated carbocycles. The number of nitrogens with one attached hydrogen (secondary N) is 1. The van der Waals surface area contributed by atoms with Gasteiger partial charge in [-0.25, -0.2) is 13.2 Å². The van der Waals surface area contributed by atoms with Crippen LogP contribution in [0.3, 0.4) is 0 Å². The number of piperidine rings is 1. The standard InChI is InChI=1S/C21H25N3O7S2/c1-2-30-21(27)16-7-8-19(31-16)33(28,29)24-11-9-14(10-12-24)20(26)23-15-5-3-4-6-17(15)32-13-18(22)25/h3-8,14H,2,9-13H2,1H3,(H2,22,25)(H,23,26). The summed E-state index contributed by atoms with van der Waals surface area (Å²) in [7, 11) is -3.94. The van der Waals surface area contributed by atoms with E-state index in [2.05, 4.69) is 5.32 Å². The first-order chi connectivity index (χ1) is 15.7. The Labute approximate surface area is 195 Å². The molecule has 178 valence electrons. The van der Waals surface area contributed by atoms with Gasteiger partial charge in [0.25, 0.3) is 10.0 Å². The van der Waals surface area contributed by atoms with E-state index < -0.39 is 21.9 Å². The number of rotatable bonds is 9. The molecule has 10 nitrogen and oxygen atoms in total. The van der Waals surface area contributed by atoms with Crippen molar-refractivity contribution in [3.05, 3.63) is 42.2 Å². The van der Waals surface area contributed by atoms with Crippen LogP contribution in [0.2, 0.25) is 0 Å². The minimum Gasteiger partial charge on any atom is -0.460 e. The van der Waals surface area contributed by atoms with Crippen molar-refractivity contribution in [3.8, 4) is 0 Å². The number of benzene rings is 1. The van der Waals surface area contributed by atoms with Crippen LogP contribution in [0.4, 0.5) is 5.69 Å². The van der Waals surface area contributed by atoms with E-state index in [0.717, 1.165) is 4.90 Å². The molecule has 0 spiro atoms. The number of ether oxygens (including phenoxy) is 1. The Morgan fingerprint density at radius 3 is 2.55 bits per heavy atom. The number of anilines is 1. The van der Waals surface area contributed by atoms with Crippen molar-refractivity contribution >= 4 is 45.3 Å². The number of hydrogen-bond donors (Lipinski definition) is 2. The molecule has 0 atom stereocenters. The summed E-state index contributed by atoms with van der Waals surface area (Å²) in [6, 6.07) is 9.57. The van der Waals surface area contributed by atoms with E-state index in [1.165, 1.54) is 28.2 Å². The number of sulfonamides is 1. The highest BCUT2D eigenvalue weighted by atomic mass is 32.2. The summed E-state index contributed by atoms with van der Waals surface area (Å²) in [6.07, 6.45) is 0.653. The van der Waals surface area contributed by atoms with Crippen LogP contribution in [-0.2, 0) is 24.3 Å². The van der Waals surface area contributed by atoms with Crippen LogP contribution >= 0.6 is 11.8 Å². The highest BCUT2D eigenvalue weighted by molar-refractivity contribution is 8.00. The number of hydrogen-bond acceptors (Lipinski definition) is 8. The average Bonchev–Trinajstić information content (AvgIpc) is 3.30. The summed E-state index contributed by atoms with van der Waals surface area (Å²) < 4.78 is 37.0. The van der Waals surface area contributed by atoms with Gasteiger partial charge in [0.15, 0.2) is 0 Å². The van der Waals surface area contributed by atoms with Gasteiger partial charge in [-0.3, -0.25) is 9.59 Å². The normalized spacial score (nSPS) is 15.2. The molecular formula is C21H25N3O7S2. The van der Waals surface area contributed by atoms with Gasteiger partial charge in [-0.2, -0.15) is 4.31 Å². The van der Waals surface area contributed by atoms with Crippen molar-refractivity contribution in [3.63, 3.8) is 0 Å². The van der Waals surface area contributed by atoms with Gasteiger partial charge in [-0.05, 0) is 44.0 Å². The number of esters is 1. The molecule has 2 heterocycles. The van der Waals surface area contributed by atoms with Crippen LogP contribution < -0.4 is 11.1 Å². The minimum atomic E-state index is -3.94. The lowest BCUT2D eigenvalue weighted by Crippen LogP contribution is -2.41. The molecule has 2 amide bonds. The van der Waals surface area contributed by atoms with Gasteiger partial charge in [0.05, 0.1) is 18.0 Å². The van der Waals surface area contributed by atoms with Crippen molar-refractivity contribution in [2.45, 2.75) is 29.8 Å². The lowest BCUT2D eigenvalue weighted by Gasteiger charge is -2.29. The lowest BCUT2D eigenvalue weighted by molar-refractivity contribution is -0.121. The van der Waals surface area contributed by atoms with Gasteiger partial charge in [0.2, 0.25) is 22.7 Å². The second-order valence-corrected chi connectivity index (χ2v) is 10.1. The number of thioether (sulfide) groups is 1. The molecule has 33 heavy (non-hydrogen) atoms. The summed E-state index contributed by atoms with van der Waals surface area (Å²) in [5, 5.41) is 2.53. The number of amides is 2. The molecule has 1 aliphatic heterocycles. The summed E-state index contributed by atoms with van der Waals surface area (Å²) >= 11 is 1.23. The van der Waals surface area contributed by atoms with Crippen LogP contribution in [0.1, 0.15) is 30.3 Å². The monoisotopic (exact) mass is 495 g/mol. The second kappa shape index (κ2) is 10.9. The predicted octanol–water partition coefficient (Wildman–Crippen LogP) is 2.07. The van der Waals surface area contributed by atoms with Crippen molar-refractivity contribution in [1.82, 2.24) is 4.31 Å². The van der Waals surface area contributed by atoms with E-state index in [9.17, 15) is 22.8 Å². The molecule has 0 unspecified atom stereocenters. The number of carbonyl (C=O) groups is 3. The summed E-state index contributed by atoms with van der Waals surface area (Å²) in [4.78, 5) is 36.3. The number of primary amides is 1. The van der Waals surface area contributed by atoms with Crippen LogP contribution in [0.5, 0.6) is 0 Å². The molecule has 1 aromatic heterocycles. The minimum absolute atomic E-state index is 0.0911. The molecule has 0 bridgehead atoms. The maximum Gasteiger partial charge on any atom is 0.374 e. The maximum absolute atomic E-state index is 12.9. The largest absolute Gasteiger partial charge is 0.460 e. The third-order valence-corrected chi connectivity index (χ3v) is 7.86. The van der Waals surface area contributed by atoms with Crippen LogP contribution in [-0.4, -0.2) is 56.0 Å². The zero-order chi connectivity index (χ0) is 24.0. The predicted molar refractivity (Wildman–Crippen MR) is 121 cm³/mol. The molecular weight excluding hydrogens is 470 g/mol. The Morgan fingerprint density at radius 1 is 1.18 bits per heavy atom. The number of furan rings is 1. The van der Waals surface area contributed by atoms with Crippen molar-refractivity contribution in [1.29, 1.82) is 0 Å². The van der Waals surface area contributed by atoms with E-state index in [0.29, 0.717) is 18.5 Å². The van der Waals surface area contributed by atoms with Gasteiger partial charge >= 0.3 is 5.97 Å². The Balaban J connectivity index is 1.60. The highest BCUT2D eigenvalue weighted by Crippen LogP contribution is 2.29. The average molecular weight is 496 g/mol. The van der Waals surface area contributed by atoms with Gasteiger partial charge in [0, 0.05) is 23.9 Å². The Kier molecular flexibility index (Phi) is 8.16. The molecule has 3 N–H and O–H groups in total. The van der Waals surface area contributed by atoms with Gasteiger partial charge in [-0.1, -0.05) is 12.1 Å². The Bertz CT molecular complexity index is 1120. The van der Waals surface area contributed by atoms with Gasteiger partial charge < -0.3 is 20.2 Å². The molecule has 12 heteroatoms. The third kappa shape index (κ3) is 6.15. The molecule has 3 rings (SSSR count). The fraction of sp³-hybridized carbons (Fsp3) is 0.381. The Hall–Kier alpha value is -2.83. The van der Waals surface area contributed by atoms with Gasteiger partial charge in [-0.15, -0.1) is 11.8 Å². The quantitative estimate of drug-likeness (QED) is 0.397. The van der Waals surface area contributed by atoms with Crippen LogP contribution in [0.25, 0.3) is 0 Å². The number of nitrogens with zero attached hydrogens (tertiary/aromatic N) is 1. The molecule has 2 aromatic rings. The topological polar surface area (TPSA) is 149 Å². The van der Waals surface area contributed by atoms with Crippen molar-refractivity contribution in [2.24, 2.45) is 11.7 Å². The second-order valence-electron chi connectivity index (χ2n) is 7.26. The molecule has 1 aromatic carbocycles. The molecule has 0 aliphatic carbocycles. The van der Waals surface area contributed by atoms with E-state index in [-0.39, 0.29) is 48.1 Å². The van der Waals surface area contributed by atoms with Crippen LogP contribution in [0.15, 0.2) is 50.8 Å². The smallest absolute Gasteiger partial charge is 0.374 e. The van der Waals surface area contributed by atoms with Crippen molar-refractivity contribution < 1.29 is 32.0 Å². The number of para-hydroxylation sites is 1. The van der Waals surface area contributed by atoms with E-state index in [1.54, 1.807) is 31.2 Å². The number of nitrogens with two attached hydrogens (primary N) is 1. The SMILES string of the molecule is CCOC(=O)c1ccc(S(=O)(=O)N2CCC(C(=O)Nc3ccccc3SCC(N)=O)CC2)o1. The first kappa shape index (κ1) is 24.8. The third-order valence-electron chi connectivity index (χ3n) is 4.99. The van der Waals surface area contributed by atoms with E-state index >= 15 is 0 Å². The first-order valence-electron chi connectivity index (χ1n) is 10.3. The van der Waals surface area contributed by atoms with Crippen LogP contribution in [0, 0.1) is 5.92 Å². The van der Waals surface area contributed by atoms with E-state index in [4.69, 9.17) is 14.9 Å². The van der Waals surface area contributed by atoms with E-state index in [1.807, 2.05) is 0 Å². The Morgan fingerprint density at radius 2 is 1.88 bits per heavy atom. The first-order valence-corrected chi connectivity index (χ1v) is 12.7. The molecule has 0 radical (unpaired) electrons. The molecule has 1 aliphatic rings. The zero-order valence-electron chi connectivity index (χ0n) is 18.0. The lowest BCUT2D eigenvalue weighted by atomic mass is 9.97. The summed E-state index contributed by atoms with van der Waals surface area (Å²) in [5.74, 6) is -1.88. The fourth-order valence-electron chi connectivity index (χ4n) is 3.34. The summed E-state index contributed by atoms with van der Waals surface area (Å²) in [5.41, 5.74) is 5.77. The molecule has 1 saturated heterocycles. The zero-order valence-corrected chi connectivity index (χ0v) is 19.6. The highest BCUT2D eigenvalue weighted by Gasteiger charge is 2.34. The molecule has 1 fully saturated rings. The van der Waals surface area contributed by atoms with Crippen molar-refractivity contribution in [2.75, 3.05) is 30.8 Å².